The number of pyridine rings is 1. The number of piperidine rings is 1. The Hall–Kier alpha value is -2.41. The van der Waals surface area contributed by atoms with Crippen molar-refractivity contribution in [1.29, 1.82) is 5.26 Å². The quantitative estimate of drug-likeness (QED) is 0.633. The smallest absolute Gasteiger partial charge is 0.243 e. The summed E-state index contributed by atoms with van der Waals surface area (Å²) in [5, 5.41) is 12.3. The van der Waals surface area contributed by atoms with Crippen LogP contribution in [0, 0.1) is 32.1 Å². The Morgan fingerprint density at radius 1 is 1.19 bits per heavy atom. The molecule has 0 saturated carbocycles. The van der Waals surface area contributed by atoms with Crippen LogP contribution in [0.5, 0.6) is 0 Å². The molecule has 1 aromatic heterocycles. The first-order chi connectivity index (χ1) is 15.1. The topological polar surface area (TPSA) is 103 Å². The fourth-order valence-electron chi connectivity index (χ4n) is 3.58. The maximum Gasteiger partial charge on any atom is 0.243 e. The van der Waals surface area contributed by atoms with Gasteiger partial charge in [-0.15, -0.1) is 0 Å². The number of thioether (sulfide) groups is 1. The van der Waals surface area contributed by atoms with Crippen molar-refractivity contribution in [2.45, 2.75) is 62.1 Å². The average Bonchev–Trinajstić information content (AvgIpc) is 2.78. The van der Waals surface area contributed by atoms with Crippen LogP contribution >= 0.6 is 11.8 Å². The maximum atomic E-state index is 12.9. The van der Waals surface area contributed by atoms with Gasteiger partial charge in [0.15, 0.2) is 0 Å². The summed E-state index contributed by atoms with van der Waals surface area (Å²) in [6.07, 6.45) is 2.77. The van der Waals surface area contributed by atoms with Crippen LogP contribution in [-0.4, -0.2) is 42.0 Å². The lowest BCUT2D eigenvalue weighted by Gasteiger charge is -2.26. The number of nitrogens with zero attached hydrogens (tertiary/aromatic N) is 3. The van der Waals surface area contributed by atoms with Crippen LogP contribution in [0.25, 0.3) is 0 Å². The summed E-state index contributed by atoms with van der Waals surface area (Å²) in [5.74, 6) is -0.288. The van der Waals surface area contributed by atoms with Crippen molar-refractivity contribution in [2.24, 2.45) is 0 Å². The monoisotopic (exact) mass is 472 g/mol. The Labute approximate surface area is 194 Å². The molecular weight excluding hydrogens is 444 g/mol. The van der Waals surface area contributed by atoms with E-state index in [-0.39, 0.29) is 10.8 Å². The Morgan fingerprint density at radius 3 is 2.53 bits per heavy atom. The van der Waals surface area contributed by atoms with E-state index >= 15 is 0 Å². The third kappa shape index (κ3) is 5.14. The van der Waals surface area contributed by atoms with Crippen molar-refractivity contribution in [3.63, 3.8) is 0 Å². The molecule has 3 rings (SSSR count). The van der Waals surface area contributed by atoms with Gasteiger partial charge in [0, 0.05) is 24.5 Å². The zero-order valence-corrected chi connectivity index (χ0v) is 20.4. The molecule has 7 nitrogen and oxygen atoms in total. The minimum atomic E-state index is -3.58. The van der Waals surface area contributed by atoms with Crippen molar-refractivity contribution >= 4 is 33.4 Å². The van der Waals surface area contributed by atoms with Gasteiger partial charge in [-0.25, -0.2) is 13.4 Å². The predicted octanol–water partition coefficient (Wildman–Crippen LogP) is 4.17. The van der Waals surface area contributed by atoms with Crippen LogP contribution in [0.1, 0.15) is 48.6 Å². The molecule has 1 aliphatic heterocycles. The van der Waals surface area contributed by atoms with E-state index in [2.05, 4.69) is 16.4 Å². The number of aryl methyl sites for hydroxylation is 1. The van der Waals surface area contributed by atoms with Crippen LogP contribution < -0.4 is 5.32 Å². The number of benzene rings is 1. The van der Waals surface area contributed by atoms with Crippen LogP contribution in [-0.2, 0) is 14.8 Å². The first kappa shape index (κ1) is 24.2. The summed E-state index contributed by atoms with van der Waals surface area (Å²) in [6.45, 7) is 8.47. The van der Waals surface area contributed by atoms with Gasteiger partial charge in [0.05, 0.1) is 15.7 Å². The molecule has 0 spiro atoms. The summed E-state index contributed by atoms with van der Waals surface area (Å²) in [7, 11) is -3.58. The Balaban J connectivity index is 1.75. The van der Waals surface area contributed by atoms with Gasteiger partial charge in [-0.2, -0.15) is 9.57 Å². The summed E-state index contributed by atoms with van der Waals surface area (Å²) >= 11 is 1.22. The fraction of sp³-hybridized carbons (Fsp3) is 0.435. The van der Waals surface area contributed by atoms with E-state index < -0.39 is 15.3 Å². The minimum absolute atomic E-state index is 0.177. The molecule has 1 atom stereocenters. The lowest BCUT2D eigenvalue weighted by molar-refractivity contribution is -0.115. The number of nitrogens with one attached hydrogen (secondary N) is 1. The second-order valence-electron chi connectivity index (χ2n) is 7.98. The lowest BCUT2D eigenvalue weighted by Crippen LogP contribution is -2.35. The second kappa shape index (κ2) is 10.0. The van der Waals surface area contributed by atoms with Gasteiger partial charge in [-0.3, -0.25) is 4.79 Å². The zero-order chi connectivity index (χ0) is 23.5. The number of sulfonamides is 1. The van der Waals surface area contributed by atoms with E-state index in [0.29, 0.717) is 29.4 Å². The van der Waals surface area contributed by atoms with Gasteiger partial charge in [0.2, 0.25) is 15.9 Å². The van der Waals surface area contributed by atoms with Crippen LogP contribution in [0.15, 0.2) is 34.2 Å². The highest BCUT2D eigenvalue weighted by molar-refractivity contribution is 8.00. The minimum Gasteiger partial charge on any atom is -0.325 e. The number of carbonyl (C=O) groups is 1. The molecular formula is C23H28N4O3S2. The predicted molar refractivity (Wildman–Crippen MR) is 126 cm³/mol. The van der Waals surface area contributed by atoms with Crippen molar-refractivity contribution in [3.8, 4) is 6.07 Å². The van der Waals surface area contributed by atoms with Crippen LogP contribution in [0.4, 0.5) is 5.69 Å². The largest absolute Gasteiger partial charge is 0.325 e. The lowest BCUT2D eigenvalue weighted by atomic mass is 10.1. The van der Waals surface area contributed by atoms with Gasteiger partial charge >= 0.3 is 0 Å². The van der Waals surface area contributed by atoms with Crippen LogP contribution in [0.3, 0.4) is 0 Å². The molecule has 1 saturated heterocycles. The first-order valence-electron chi connectivity index (χ1n) is 10.6. The van der Waals surface area contributed by atoms with E-state index in [9.17, 15) is 18.5 Å². The molecule has 1 aromatic carbocycles. The molecule has 2 heterocycles. The highest BCUT2D eigenvalue weighted by Gasteiger charge is 2.26. The summed E-state index contributed by atoms with van der Waals surface area (Å²) in [4.78, 5) is 17.5. The summed E-state index contributed by atoms with van der Waals surface area (Å²) in [5.41, 5.74) is 3.56. The highest BCUT2D eigenvalue weighted by atomic mass is 32.2. The number of anilines is 1. The van der Waals surface area contributed by atoms with E-state index in [0.717, 1.165) is 36.1 Å². The van der Waals surface area contributed by atoms with E-state index in [1.54, 1.807) is 25.1 Å². The number of hydrogen-bond acceptors (Lipinski definition) is 6. The second-order valence-corrected chi connectivity index (χ2v) is 11.2. The molecule has 2 aromatic rings. The van der Waals surface area contributed by atoms with Crippen molar-refractivity contribution in [3.05, 3.63) is 46.6 Å². The van der Waals surface area contributed by atoms with Gasteiger partial charge in [-0.05, 0) is 69.9 Å². The Kier molecular flexibility index (Phi) is 7.59. The van der Waals surface area contributed by atoms with E-state index in [1.807, 2.05) is 20.8 Å². The third-order valence-electron chi connectivity index (χ3n) is 5.79. The molecule has 32 heavy (non-hydrogen) atoms. The number of amides is 1. The Bertz CT molecular complexity index is 1170. The van der Waals surface area contributed by atoms with Gasteiger partial charge in [-0.1, -0.05) is 24.2 Å². The Morgan fingerprint density at radius 2 is 1.88 bits per heavy atom. The first-order valence-corrected chi connectivity index (χ1v) is 12.9. The van der Waals surface area contributed by atoms with E-state index in [4.69, 9.17) is 0 Å². The molecule has 1 aliphatic rings. The number of aromatic nitrogens is 1. The standard InChI is InChI=1S/C23H28N4O3S2/c1-15-16(2)21(14-24)23(25-17(15)3)31-18(4)22(28)26-19-9-8-10-20(13-19)32(29,30)27-11-6-5-7-12-27/h8-10,13,18H,5-7,11-12H2,1-4H3,(H,26,28). The van der Waals surface area contributed by atoms with E-state index in [1.165, 1.54) is 22.1 Å². The molecule has 1 fully saturated rings. The zero-order valence-electron chi connectivity index (χ0n) is 18.8. The third-order valence-corrected chi connectivity index (χ3v) is 8.77. The molecule has 9 heteroatoms. The molecule has 1 unspecified atom stereocenters. The fourth-order valence-corrected chi connectivity index (χ4v) is 6.15. The SMILES string of the molecule is Cc1nc(SC(C)C(=O)Nc2cccc(S(=O)(=O)N3CCCCC3)c2)c(C#N)c(C)c1C. The molecule has 170 valence electrons. The van der Waals surface area contributed by atoms with Crippen molar-refractivity contribution in [2.75, 3.05) is 18.4 Å². The highest BCUT2D eigenvalue weighted by Crippen LogP contribution is 2.30. The molecule has 0 radical (unpaired) electrons. The molecule has 1 amide bonds. The summed E-state index contributed by atoms with van der Waals surface area (Å²) < 4.78 is 27.4. The molecule has 1 N–H and O–H groups in total. The average molecular weight is 473 g/mol. The van der Waals surface area contributed by atoms with Crippen LogP contribution in [0.2, 0.25) is 0 Å². The number of hydrogen-bond donors (Lipinski definition) is 1. The number of carbonyl (C=O) groups excluding carboxylic acids is 1. The van der Waals surface area contributed by atoms with Crippen molar-refractivity contribution < 1.29 is 13.2 Å². The number of nitriles is 1. The molecule has 0 aliphatic carbocycles. The molecule has 0 bridgehead atoms. The van der Waals surface area contributed by atoms with Gasteiger partial charge in [0.25, 0.3) is 0 Å². The summed E-state index contributed by atoms with van der Waals surface area (Å²) in [6, 6.07) is 8.55. The normalized spacial score (nSPS) is 15.7. The van der Waals surface area contributed by atoms with Crippen molar-refractivity contribution in [1.82, 2.24) is 9.29 Å². The van der Waals surface area contributed by atoms with Gasteiger partial charge < -0.3 is 5.32 Å². The van der Waals surface area contributed by atoms with Gasteiger partial charge in [0.1, 0.15) is 11.1 Å². The number of rotatable bonds is 6. The maximum absolute atomic E-state index is 12.9.